The maximum atomic E-state index is 12.9. The number of benzene rings is 3. The van der Waals surface area contributed by atoms with E-state index in [0.29, 0.717) is 36.4 Å². The molecule has 3 aromatic rings. The maximum Gasteiger partial charge on any atom is 0.295 e. The van der Waals surface area contributed by atoms with Crippen LogP contribution in [0.1, 0.15) is 28.8 Å². The van der Waals surface area contributed by atoms with Crippen molar-refractivity contribution < 1.29 is 14.3 Å². The average Bonchev–Trinajstić information content (AvgIpc) is 3.47. The number of carbonyl (C=O) groups is 2. The van der Waals surface area contributed by atoms with Crippen molar-refractivity contribution >= 4 is 35.4 Å². The van der Waals surface area contributed by atoms with Crippen molar-refractivity contribution in [3.63, 3.8) is 0 Å². The van der Waals surface area contributed by atoms with Crippen LogP contribution in [0.15, 0.2) is 66.7 Å². The van der Waals surface area contributed by atoms with E-state index < -0.39 is 5.72 Å². The molecular formula is C24H19ClN2O3. The van der Waals surface area contributed by atoms with Crippen LogP contribution in [0.3, 0.4) is 0 Å². The largest absolute Gasteiger partial charge is 0.441 e. The van der Waals surface area contributed by atoms with E-state index in [1.165, 1.54) is 0 Å². The van der Waals surface area contributed by atoms with Crippen molar-refractivity contribution in [2.75, 3.05) is 5.32 Å². The molecule has 0 atom stereocenters. The first-order valence-electron chi connectivity index (χ1n) is 9.77. The van der Waals surface area contributed by atoms with Crippen LogP contribution in [0.4, 0.5) is 11.4 Å². The van der Waals surface area contributed by atoms with E-state index in [1.807, 2.05) is 66.7 Å². The maximum absolute atomic E-state index is 12.9. The summed E-state index contributed by atoms with van der Waals surface area (Å²) in [5.41, 5.74) is 4.82. The Bertz CT molecular complexity index is 1120. The van der Waals surface area contributed by atoms with E-state index >= 15 is 0 Å². The summed E-state index contributed by atoms with van der Waals surface area (Å²) in [4.78, 5) is 25.4. The Morgan fingerprint density at radius 1 is 0.933 bits per heavy atom. The zero-order valence-corrected chi connectivity index (χ0v) is 16.9. The van der Waals surface area contributed by atoms with Gasteiger partial charge in [-0.1, -0.05) is 35.9 Å². The smallest absolute Gasteiger partial charge is 0.295 e. The summed E-state index contributed by atoms with van der Waals surface area (Å²) in [5.74, 6) is -0.0766. The molecule has 30 heavy (non-hydrogen) atoms. The van der Waals surface area contributed by atoms with Crippen molar-refractivity contribution in [1.82, 2.24) is 4.90 Å². The van der Waals surface area contributed by atoms with E-state index in [-0.39, 0.29) is 5.91 Å². The van der Waals surface area contributed by atoms with Gasteiger partial charge in [0.15, 0.2) is 5.72 Å². The van der Waals surface area contributed by atoms with Gasteiger partial charge in [0.25, 0.3) is 12.4 Å². The van der Waals surface area contributed by atoms with Gasteiger partial charge in [-0.3, -0.25) is 14.5 Å². The van der Waals surface area contributed by atoms with E-state index in [9.17, 15) is 9.59 Å². The monoisotopic (exact) mass is 418 g/mol. The summed E-state index contributed by atoms with van der Waals surface area (Å²) in [6.07, 6.45) is 1.39. The van der Waals surface area contributed by atoms with Gasteiger partial charge in [-0.05, 0) is 59.2 Å². The molecule has 5 rings (SSSR count). The fraction of sp³-hybridized carbons (Fsp3) is 0.167. The molecule has 0 unspecified atom stereocenters. The average molecular weight is 419 g/mol. The predicted molar refractivity (Wildman–Crippen MR) is 116 cm³/mol. The van der Waals surface area contributed by atoms with Gasteiger partial charge in [-0.25, -0.2) is 0 Å². The Morgan fingerprint density at radius 3 is 2.20 bits per heavy atom. The Morgan fingerprint density at radius 2 is 1.57 bits per heavy atom. The van der Waals surface area contributed by atoms with Crippen LogP contribution >= 0.6 is 11.6 Å². The molecule has 0 saturated heterocycles. The summed E-state index contributed by atoms with van der Waals surface area (Å²) < 4.78 is 5.22. The highest BCUT2D eigenvalue weighted by molar-refractivity contribution is 6.30. The molecule has 0 aromatic heterocycles. The molecule has 1 aliphatic carbocycles. The molecule has 1 aliphatic heterocycles. The van der Waals surface area contributed by atoms with E-state index in [2.05, 4.69) is 5.32 Å². The quantitative estimate of drug-likeness (QED) is 0.547. The minimum absolute atomic E-state index is 0.0766. The topological polar surface area (TPSA) is 58.6 Å². The molecule has 6 heteroatoms. The molecule has 2 aliphatic rings. The second-order valence-electron chi connectivity index (χ2n) is 7.63. The summed E-state index contributed by atoms with van der Waals surface area (Å²) in [6.45, 7) is 0.917. The van der Waals surface area contributed by atoms with Crippen molar-refractivity contribution in [3.8, 4) is 11.1 Å². The Balaban J connectivity index is 1.35. The predicted octanol–water partition coefficient (Wildman–Crippen LogP) is 5.37. The minimum Gasteiger partial charge on any atom is -0.441 e. The Kier molecular flexibility index (Phi) is 4.48. The second kappa shape index (κ2) is 7.18. The lowest BCUT2D eigenvalue weighted by Crippen LogP contribution is -2.39. The number of halogens is 1. The van der Waals surface area contributed by atoms with E-state index in [4.69, 9.17) is 16.3 Å². The SMILES string of the molecule is O=COC1(N2Cc3ccc(-c4ccc(Nc5ccc(Cl)cc5)cc4)cc3C2=O)CC1. The highest BCUT2D eigenvalue weighted by Gasteiger charge is 2.55. The molecule has 5 nitrogen and oxygen atoms in total. The number of fused-ring (bicyclic) bond motifs is 1. The van der Waals surface area contributed by atoms with Gasteiger partial charge in [0.1, 0.15) is 0 Å². The van der Waals surface area contributed by atoms with Gasteiger partial charge in [-0.2, -0.15) is 0 Å². The lowest BCUT2D eigenvalue weighted by atomic mass is 10.00. The highest BCUT2D eigenvalue weighted by Crippen LogP contribution is 2.46. The van der Waals surface area contributed by atoms with Crippen LogP contribution in [0.2, 0.25) is 5.02 Å². The number of carbonyl (C=O) groups excluding carboxylic acids is 2. The van der Waals surface area contributed by atoms with E-state index in [1.54, 1.807) is 4.90 Å². The number of anilines is 2. The first-order valence-corrected chi connectivity index (χ1v) is 10.2. The molecule has 150 valence electrons. The number of nitrogens with zero attached hydrogens (tertiary/aromatic N) is 1. The fourth-order valence-corrected chi connectivity index (χ4v) is 4.03. The Hall–Kier alpha value is -3.31. The van der Waals surface area contributed by atoms with Crippen LogP contribution in [-0.2, 0) is 16.1 Å². The summed E-state index contributed by atoms with van der Waals surface area (Å²) in [7, 11) is 0. The molecule has 1 amide bonds. The summed E-state index contributed by atoms with van der Waals surface area (Å²) >= 11 is 5.93. The van der Waals surface area contributed by atoms with Crippen LogP contribution in [0.25, 0.3) is 11.1 Å². The molecule has 0 spiro atoms. The van der Waals surface area contributed by atoms with Gasteiger partial charge in [0.05, 0.1) is 6.54 Å². The zero-order chi connectivity index (χ0) is 20.7. The van der Waals surface area contributed by atoms with Gasteiger partial charge < -0.3 is 10.1 Å². The number of nitrogens with one attached hydrogen (secondary N) is 1. The second-order valence-corrected chi connectivity index (χ2v) is 8.07. The molecule has 1 fully saturated rings. The van der Waals surface area contributed by atoms with Crippen molar-refractivity contribution in [1.29, 1.82) is 0 Å². The first-order chi connectivity index (χ1) is 14.6. The summed E-state index contributed by atoms with van der Waals surface area (Å²) in [6, 6.07) is 21.5. The minimum atomic E-state index is -0.743. The van der Waals surface area contributed by atoms with Crippen LogP contribution in [0, 0.1) is 0 Å². The normalized spacial score (nSPS) is 16.2. The third kappa shape index (κ3) is 3.31. The molecule has 0 radical (unpaired) electrons. The van der Waals surface area contributed by atoms with Crippen molar-refractivity contribution in [2.45, 2.75) is 25.1 Å². The first kappa shape index (κ1) is 18.7. The van der Waals surface area contributed by atoms with Gasteiger partial charge in [-0.15, -0.1) is 0 Å². The lowest BCUT2D eigenvalue weighted by molar-refractivity contribution is -0.144. The fourth-order valence-electron chi connectivity index (χ4n) is 3.90. The van der Waals surface area contributed by atoms with Crippen molar-refractivity contribution in [2.24, 2.45) is 0 Å². The number of hydrogen-bond acceptors (Lipinski definition) is 4. The van der Waals surface area contributed by atoms with Crippen LogP contribution in [-0.4, -0.2) is 23.0 Å². The molecule has 1 saturated carbocycles. The third-order valence-corrected chi connectivity index (χ3v) is 5.95. The van der Waals surface area contributed by atoms with Gasteiger partial charge >= 0.3 is 0 Å². The molecule has 1 N–H and O–H groups in total. The molecule has 1 heterocycles. The third-order valence-electron chi connectivity index (χ3n) is 5.70. The number of amides is 1. The lowest BCUT2D eigenvalue weighted by Gasteiger charge is -2.25. The number of ether oxygens (including phenoxy) is 1. The summed E-state index contributed by atoms with van der Waals surface area (Å²) in [5, 5.41) is 4.04. The standard InChI is InChI=1S/C24H19ClN2O3/c25-19-5-9-21(10-6-19)26-20-7-3-16(4-8-20)17-1-2-18-14-27(23(29)22(18)13-17)24(11-12-24)30-15-28/h1-10,13,15,26H,11-12,14H2. The van der Waals surface area contributed by atoms with Gasteiger partial charge in [0.2, 0.25) is 0 Å². The highest BCUT2D eigenvalue weighted by atomic mass is 35.5. The molecule has 0 bridgehead atoms. The van der Waals surface area contributed by atoms with Crippen LogP contribution in [0.5, 0.6) is 0 Å². The number of hydrogen-bond donors (Lipinski definition) is 1. The molecular weight excluding hydrogens is 400 g/mol. The number of rotatable bonds is 6. The Labute approximate surface area is 179 Å². The zero-order valence-electron chi connectivity index (χ0n) is 16.1. The van der Waals surface area contributed by atoms with Gasteiger partial charge in [0, 0.05) is 34.8 Å². The van der Waals surface area contributed by atoms with E-state index in [0.717, 1.165) is 28.1 Å². The van der Waals surface area contributed by atoms with Crippen LogP contribution < -0.4 is 5.32 Å². The molecule has 3 aromatic carbocycles. The van der Waals surface area contributed by atoms with Crippen molar-refractivity contribution in [3.05, 3.63) is 82.9 Å².